The van der Waals surface area contributed by atoms with Gasteiger partial charge in [-0.15, -0.1) is 0 Å². The van der Waals surface area contributed by atoms with Crippen LogP contribution in [0.2, 0.25) is 5.02 Å². The van der Waals surface area contributed by atoms with Crippen LogP contribution in [0.1, 0.15) is 23.2 Å². The van der Waals surface area contributed by atoms with Crippen molar-refractivity contribution in [3.05, 3.63) is 95.0 Å². The van der Waals surface area contributed by atoms with Crippen LogP contribution in [0.15, 0.2) is 73.2 Å². The van der Waals surface area contributed by atoms with E-state index in [0.717, 1.165) is 22.7 Å². The van der Waals surface area contributed by atoms with E-state index < -0.39 is 5.41 Å². The number of aryl methyl sites for hydroxylation is 1. The molecule has 3 rings (SSSR count). The van der Waals surface area contributed by atoms with Gasteiger partial charge in [0.2, 0.25) is 0 Å². The number of nitrogens with zero attached hydrogens (tertiary/aromatic N) is 3. The lowest BCUT2D eigenvalue weighted by atomic mass is 9.74. The first kappa shape index (κ1) is 17.1. The molecule has 0 N–H and O–H groups in total. The molecule has 1 heterocycles. The summed E-state index contributed by atoms with van der Waals surface area (Å²) in [5.74, 6) is 0. The first-order valence-electron chi connectivity index (χ1n) is 8.18. The highest BCUT2D eigenvalue weighted by atomic mass is 35.5. The number of hydrogen-bond donors (Lipinski definition) is 0. The Morgan fingerprint density at radius 1 is 1.00 bits per heavy atom. The van der Waals surface area contributed by atoms with Crippen LogP contribution in [0.3, 0.4) is 0 Å². The molecule has 0 aliphatic rings. The van der Waals surface area contributed by atoms with E-state index in [4.69, 9.17) is 11.6 Å². The van der Waals surface area contributed by atoms with Crippen LogP contribution in [0.25, 0.3) is 0 Å². The van der Waals surface area contributed by atoms with E-state index in [2.05, 4.69) is 16.0 Å². The topological polar surface area (TPSA) is 49.6 Å². The average Bonchev–Trinajstić information content (AvgIpc) is 2.68. The van der Waals surface area contributed by atoms with Crippen LogP contribution < -0.4 is 0 Å². The van der Waals surface area contributed by atoms with Gasteiger partial charge in [0.25, 0.3) is 0 Å². The summed E-state index contributed by atoms with van der Waals surface area (Å²) < 4.78 is 0. The van der Waals surface area contributed by atoms with Crippen molar-refractivity contribution in [2.24, 2.45) is 0 Å². The van der Waals surface area contributed by atoms with Crippen LogP contribution >= 0.6 is 11.6 Å². The highest BCUT2D eigenvalue weighted by Crippen LogP contribution is 2.32. The van der Waals surface area contributed by atoms with Crippen LogP contribution in [0.5, 0.6) is 0 Å². The van der Waals surface area contributed by atoms with Crippen molar-refractivity contribution in [3.8, 4) is 6.07 Å². The van der Waals surface area contributed by atoms with Crippen molar-refractivity contribution in [1.82, 2.24) is 9.97 Å². The molecule has 1 unspecified atom stereocenters. The monoisotopic (exact) mass is 347 g/mol. The van der Waals surface area contributed by atoms with Crippen molar-refractivity contribution in [3.63, 3.8) is 0 Å². The minimum atomic E-state index is -0.642. The Morgan fingerprint density at radius 2 is 1.76 bits per heavy atom. The third-order valence-corrected chi connectivity index (χ3v) is 4.65. The van der Waals surface area contributed by atoms with E-state index in [1.807, 2.05) is 54.6 Å². The number of halogens is 1. The van der Waals surface area contributed by atoms with Crippen LogP contribution in [0.4, 0.5) is 0 Å². The molecule has 124 valence electrons. The largest absolute Gasteiger partial charge is 0.261 e. The number of nitriles is 1. The maximum absolute atomic E-state index is 10.1. The van der Waals surface area contributed by atoms with Gasteiger partial charge in [-0.3, -0.25) is 9.97 Å². The molecule has 25 heavy (non-hydrogen) atoms. The molecule has 0 saturated heterocycles. The average molecular weight is 348 g/mol. The van der Waals surface area contributed by atoms with Gasteiger partial charge in [0.15, 0.2) is 0 Å². The van der Waals surface area contributed by atoms with Crippen molar-refractivity contribution >= 4 is 11.6 Å². The second kappa shape index (κ2) is 7.92. The summed E-state index contributed by atoms with van der Waals surface area (Å²) in [6, 6.07) is 20.3. The molecule has 0 fully saturated rings. The van der Waals surface area contributed by atoms with Crippen molar-refractivity contribution in [2.75, 3.05) is 0 Å². The number of benzene rings is 2. The third-order valence-electron chi connectivity index (χ3n) is 4.39. The molecule has 0 saturated carbocycles. The third kappa shape index (κ3) is 4.23. The van der Waals surface area contributed by atoms with Gasteiger partial charge in [0.05, 0.1) is 17.2 Å². The van der Waals surface area contributed by atoms with Gasteiger partial charge >= 0.3 is 0 Å². The van der Waals surface area contributed by atoms with Crippen molar-refractivity contribution in [1.29, 1.82) is 5.26 Å². The summed E-state index contributed by atoms with van der Waals surface area (Å²) in [4.78, 5) is 8.51. The van der Waals surface area contributed by atoms with E-state index in [0.29, 0.717) is 12.8 Å². The summed E-state index contributed by atoms with van der Waals surface area (Å²) in [5.41, 5.74) is 2.36. The van der Waals surface area contributed by atoms with Crippen molar-refractivity contribution < 1.29 is 0 Å². The minimum Gasteiger partial charge on any atom is -0.261 e. The Morgan fingerprint density at radius 3 is 2.40 bits per heavy atom. The molecule has 1 atom stereocenters. The van der Waals surface area contributed by atoms with Gasteiger partial charge in [-0.25, -0.2) is 0 Å². The maximum Gasteiger partial charge on any atom is 0.0881 e. The van der Waals surface area contributed by atoms with E-state index in [-0.39, 0.29) is 0 Å². The quantitative estimate of drug-likeness (QED) is 0.645. The van der Waals surface area contributed by atoms with Crippen LogP contribution in [-0.2, 0) is 18.3 Å². The molecule has 0 spiro atoms. The normalized spacial score (nSPS) is 13.0. The SMILES string of the molecule is N#CC(CCc1ccc(Cl)cc1)(Cc1cnccn1)c1ccccc1. The molecule has 0 aliphatic carbocycles. The lowest BCUT2D eigenvalue weighted by Gasteiger charge is -2.27. The summed E-state index contributed by atoms with van der Waals surface area (Å²) in [6.07, 6.45) is 7.08. The molecule has 1 aromatic heterocycles. The van der Waals surface area contributed by atoms with Gasteiger partial charge < -0.3 is 0 Å². The fourth-order valence-electron chi connectivity index (χ4n) is 2.99. The fourth-order valence-corrected chi connectivity index (χ4v) is 3.12. The molecule has 2 aromatic carbocycles. The smallest absolute Gasteiger partial charge is 0.0881 e. The molecule has 4 heteroatoms. The zero-order chi connectivity index (χ0) is 17.5. The van der Waals surface area contributed by atoms with Gasteiger partial charge in [-0.1, -0.05) is 54.1 Å². The predicted molar refractivity (Wildman–Crippen MR) is 99.2 cm³/mol. The number of hydrogen-bond acceptors (Lipinski definition) is 3. The van der Waals surface area contributed by atoms with E-state index in [1.165, 1.54) is 5.56 Å². The fraction of sp³-hybridized carbons (Fsp3) is 0.190. The summed E-state index contributed by atoms with van der Waals surface area (Å²) in [5, 5.41) is 10.8. The van der Waals surface area contributed by atoms with E-state index >= 15 is 0 Å². The Labute approximate surface area is 153 Å². The summed E-state index contributed by atoms with van der Waals surface area (Å²) in [6.45, 7) is 0. The Bertz CT molecular complexity index is 842. The number of rotatable bonds is 6. The lowest BCUT2D eigenvalue weighted by molar-refractivity contribution is 0.493. The van der Waals surface area contributed by atoms with Crippen molar-refractivity contribution in [2.45, 2.75) is 24.7 Å². The zero-order valence-electron chi connectivity index (χ0n) is 13.8. The van der Waals surface area contributed by atoms with Gasteiger partial charge in [-0.05, 0) is 36.1 Å². The second-order valence-corrected chi connectivity index (χ2v) is 6.50. The molecular weight excluding hydrogens is 330 g/mol. The van der Waals surface area contributed by atoms with Gasteiger partial charge in [0.1, 0.15) is 0 Å². The zero-order valence-corrected chi connectivity index (χ0v) is 14.5. The second-order valence-electron chi connectivity index (χ2n) is 6.06. The summed E-state index contributed by atoms with van der Waals surface area (Å²) >= 11 is 5.96. The molecule has 3 nitrogen and oxygen atoms in total. The molecule has 0 radical (unpaired) electrons. The first-order valence-corrected chi connectivity index (χ1v) is 8.56. The molecular formula is C21H18ClN3. The molecule has 0 aliphatic heterocycles. The van der Waals surface area contributed by atoms with Gasteiger partial charge in [0, 0.05) is 30.0 Å². The van der Waals surface area contributed by atoms with E-state index in [9.17, 15) is 5.26 Å². The van der Waals surface area contributed by atoms with E-state index in [1.54, 1.807) is 18.6 Å². The Kier molecular flexibility index (Phi) is 5.42. The lowest BCUT2D eigenvalue weighted by Crippen LogP contribution is -2.28. The van der Waals surface area contributed by atoms with Crippen LogP contribution in [0, 0.1) is 11.3 Å². The standard InChI is InChI=1S/C21H18ClN3/c22-19-8-6-17(7-9-19)10-11-21(16-23,18-4-2-1-3-5-18)14-20-15-24-12-13-25-20/h1-9,12-13,15H,10-11,14H2. The Hall–Kier alpha value is -2.70. The maximum atomic E-state index is 10.1. The highest BCUT2D eigenvalue weighted by molar-refractivity contribution is 6.30. The first-order chi connectivity index (χ1) is 12.2. The molecule has 0 bridgehead atoms. The van der Waals surface area contributed by atoms with Crippen LogP contribution in [-0.4, -0.2) is 9.97 Å². The predicted octanol–water partition coefficient (Wildman–Crippen LogP) is 4.77. The van der Waals surface area contributed by atoms with Gasteiger partial charge in [-0.2, -0.15) is 5.26 Å². The molecule has 3 aromatic rings. The highest BCUT2D eigenvalue weighted by Gasteiger charge is 2.33. The minimum absolute atomic E-state index is 0.537. The number of aromatic nitrogens is 2. The molecule has 0 amide bonds. The Balaban J connectivity index is 1.90. The summed E-state index contributed by atoms with van der Waals surface area (Å²) in [7, 11) is 0.